The summed E-state index contributed by atoms with van der Waals surface area (Å²) in [5.41, 5.74) is 0. The third-order valence-corrected chi connectivity index (χ3v) is 2.73. The van der Waals surface area contributed by atoms with E-state index in [4.69, 9.17) is 4.74 Å². The molecule has 3 N–H and O–H groups in total. The molecule has 0 bridgehead atoms. The highest BCUT2D eigenvalue weighted by Gasteiger charge is 2.22. The molecule has 2 rings (SSSR count). The summed E-state index contributed by atoms with van der Waals surface area (Å²) in [5.74, 6) is 0.930. The molecule has 20 heavy (non-hydrogen) atoms. The first-order valence-corrected chi connectivity index (χ1v) is 6.87. The van der Waals surface area contributed by atoms with Crippen molar-refractivity contribution in [3.8, 4) is 6.01 Å². The lowest BCUT2D eigenvalue weighted by atomic mass is 10.3. The molecule has 8 nitrogen and oxygen atoms in total. The number of hydrogen-bond acceptors (Lipinski definition) is 7. The highest BCUT2D eigenvalue weighted by atomic mass is 16.5. The van der Waals surface area contributed by atoms with E-state index >= 15 is 0 Å². The second kappa shape index (κ2) is 6.88. The maximum atomic E-state index is 11.2. The summed E-state index contributed by atoms with van der Waals surface area (Å²) in [6.45, 7) is 5.77. The second-order valence-corrected chi connectivity index (χ2v) is 4.47. The van der Waals surface area contributed by atoms with E-state index in [0.717, 1.165) is 13.0 Å². The Hall–Kier alpha value is -2.12. The van der Waals surface area contributed by atoms with Crippen LogP contribution in [0, 0.1) is 0 Å². The number of carbonyl (C=O) groups excluding carboxylic acids is 1. The molecule has 1 atom stereocenters. The van der Waals surface area contributed by atoms with Crippen molar-refractivity contribution in [2.75, 3.05) is 30.3 Å². The monoisotopic (exact) mass is 280 g/mol. The molecule has 8 heteroatoms. The summed E-state index contributed by atoms with van der Waals surface area (Å²) >= 11 is 0. The van der Waals surface area contributed by atoms with Gasteiger partial charge in [0.05, 0.1) is 12.6 Å². The van der Waals surface area contributed by atoms with Gasteiger partial charge < -0.3 is 20.7 Å². The molecule has 1 aliphatic rings. The Labute approximate surface area is 117 Å². The summed E-state index contributed by atoms with van der Waals surface area (Å²) in [7, 11) is 0. The number of hydrogen-bond donors (Lipinski definition) is 3. The number of nitrogens with one attached hydrogen (secondary N) is 3. The largest absolute Gasteiger partial charge is 0.464 e. The van der Waals surface area contributed by atoms with Crippen LogP contribution in [0.1, 0.15) is 26.7 Å². The average molecular weight is 280 g/mol. The Kier molecular flexibility index (Phi) is 4.91. The van der Waals surface area contributed by atoms with E-state index < -0.39 is 0 Å². The van der Waals surface area contributed by atoms with Crippen LogP contribution in [0.2, 0.25) is 0 Å². The Morgan fingerprint density at radius 1 is 1.30 bits per heavy atom. The molecule has 1 aromatic heterocycles. The maximum Gasteiger partial charge on any atom is 0.323 e. The van der Waals surface area contributed by atoms with Crippen molar-refractivity contribution in [3.05, 3.63) is 0 Å². The topological polar surface area (TPSA) is 101 Å². The molecule has 1 unspecified atom stereocenters. The molecule has 1 amide bonds. The van der Waals surface area contributed by atoms with E-state index in [2.05, 4.69) is 37.8 Å². The molecule has 1 aromatic rings. The van der Waals surface area contributed by atoms with Gasteiger partial charge in [-0.1, -0.05) is 6.92 Å². The van der Waals surface area contributed by atoms with Crippen LogP contribution in [0.4, 0.5) is 11.9 Å². The minimum Gasteiger partial charge on any atom is -0.464 e. The van der Waals surface area contributed by atoms with Crippen LogP contribution in [0.25, 0.3) is 0 Å². The first kappa shape index (κ1) is 14.3. The SMILES string of the molecule is CCCNc1nc(NC2CNC(=O)C2)nc(OCC)n1. The van der Waals surface area contributed by atoms with E-state index in [-0.39, 0.29) is 18.0 Å². The Morgan fingerprint density at radius 3 is 2.75 bits per heavy atom. The molecule has 2 heterocycles. The molecular weight excluding hydrogens is 260 g/mol. The molecule has 1 saturated heterocycles. The van der Waals surface area contributed by atoms with Gasteiger partial charge in [0.15, 0.2) is 0 Å². The standard InChI is InChI=1S/C12H20N6O2/c1-3-5-13-10-16-11(18-12(17-10)20-4-2)15-8-6-9(19)14-7-8/h8H,3-7H2,1-2H3,(H,14,19)(H2,13,15,16,17,18). The molecular formula is C12H20N6O2. The Morgan fingerprint density at radius 2 is 2.10 bits per heavy atom. The Bertz CT molecular complexity index is 467. The van der Waals surface area contributed by atoms with Crippen molar-refractivity contribution in [3.63, 3.8) is 0 Å². The van der Waals surface area contributed by atoms with Gasteiger partial charge in [-0.3, -0.25) is 4.79 Å². The molecule has 1 fully saturated rings. The van der Waals surface area contributed by atoms with E-state index in [1.54, 1.807) is 0 Å². The van der Waals surface area contributed by atoms with Crippen molar-refractivity contribution in [2.45, 2.75) is 32.7 Å². The first-order chi connectivity index (χ1) is 9.71. The number of rotatable bonds is 7. The van der Waals surface area contributed by atoms with Crippen molar-refractivity contribution in [1.82, 2.24) is 20.3 Å². The van der Waals surface area contributed by atoms with Crippen LogP contribution in [0.5, 0.6) is 6.01 Å². The van der Waals surface area contributed by atoms with E-state index in [0.29, 0.717) is 31.5 Å². The smallest absolute Gasteiger partial charge is 0.323 e. The molecule has 110 valence electrons. The van der Waals surface area contributed by atoms with Gasteiger partial charge in [0.1, 0.15) is 0 Å². The first-order valence-electron chi connectivity index (χ1n) is 6.87. The van der Waals surface area contributed by atoms with Crippen molar-refractivity contribution in [2.24, 2.45) is 0 Å². The van der Waals surface area contributed by atoms with Crippen molar-refractivity contribution >= 4 is 17.8 Å². The fourth-order valence-electron chi connectivity index (χ4n) is 1.82. The lowest BCUT2D eigenvalue weighted by Crippen LogP contribution is -2.24. The number of carbonyl (C=O) groups is 1. The minimum absolute atomic E-state index is 0.00148. The van der Waals surface area contributed by atoms with E-state index in [1.165, 1.54) is 0 Å². The molecule has 1 aliphatic heterocycles. The lowest BCUT2D eigenvalue weighted by molar-refractivity contribution is -0.119. The fourth-order valence-corrected chi connectivity index (χ4v) is 1.82. The molecule has 0 saturated carbocycles. The third kappa shape index (κ3) is 3.94. The molecule has 0 aromatic carbocycles. The van der Waals surface area contributed by atoms with E-state index in [9.17, 15) is 4.79 Å². The van der Waals surface area contributed by atoms with E-state index in [1.807, 2.05) is 6.92 Å². The van der Waals surface area contributed by atoms with Crippen molar-refractivity contribution < 1.29 is 9.53 Å². The molecule has 0 spiro atoms. The molecule has 0 radical (unpaired) electrons. The number of nitrogens with zero attached hydrogens (tertiary/aromatic N) is 3. The van der Waals surface area contributed by atoms with Gasteiger partial charge in [0, 0.05) is 19.5 Å². The van der Waals surface area contributed by atoms with Crippen LogP contribution >= 0.6 is 0 Å². The van der Waals surface area contributed by atoms with Gasteiger partial charge in [-0.25, -0.2) is 0 Å². The van der Waals surface area contributed by atoms with Gasteiger partial charge in [0.2, 0.25) is 17.8 Å². The quantitative estimate of drug-likeness (QED) is 0.664. The molecule has 0 aliphatic carbocycles. The summed E-state index contributed by atoms with van der Waals surface area (Å²) in [5, 5.41) is 8.98. The zero-order chi connectivity index (χ0) is 14.4. The van der Waals surface area contributed by atoms with Gasteiger partial charge in [-0.2, -0.15) is 15.0 Å². The summed E-state index contributed by atoms with van der Waals surface area (Å²) < 4.78 is 5.33. The van der Waals surface area contributed by atoms with Crippen LogP contribution in [-0.4, -0.2) is 46.6 Å². The number of amides is 1. The normalized spacial score (nSPS) is 17.7. The zero-order valence-electron chi connectivity index (χ0n) is 11.8. The number of anilines is 2. The number of ether oxygens (including phenoxy) is 1. The predicted molar refractivity (Wildman–Crippen MR) is 74.8 cm³/mol. The van der Waals surface area contributed by atoms with Crippen LogP contribution in [-0.2, 0) is 4.79 Å². The highest BCUT2D eigenvalue weighted by Crippen LogP contribution is 2.14. The third-order valence-electron chi connectivity index (χ3n) is 2.73. The second-order valence-electron chi connectivity index (χ2n) is 4.47. The average Bonchev–Trinajstić information content (AvgIpc) is 2.82. The minimum atomic E-state index is -0.00148. The fraction of sp³-hybridized carbons (Fsp3) is 0.667. The van der Waals surface area contributed by atoms with Gasteiger partial charge in [-0.15, -0.1) is 0 Å². The lowest BCUT2D eigenvalue weighted by Gasteiger charge is -2.12. The summed E-state index contributed by atoms with van der Waals surface area (Å²) in [4.78, 5) is 23.8. The van der Waals surface area contributed by atoms with Crippen LogP contribution < -0.4 is 20.7 Å². The van der Waals surface area contributed by atoms with Crippen molar-refractivity contribution in [1.29, 1.82) is 0 Å². The van der Waals surface area contributed by atoms with Gasteiger partial charge in [0.25, 0.3) is 0 Å². The number of aromatic nitrogens is 3. The maximum absolute atomic E-state index is 11.2. The van der Waals surface area contributed by atoms with Crippen LogP contribution in [0.15, 0.2) is 0 Å². The summed E-state index contributed by atoms with van der Waals surface area (Å²) in [6, 6.07) is 0.277. The highest BCUT2D eigenvalue weighted by molar-refractivity contribution is 5.79. The summed E-state index contributed by atoms with van der Waals surface area (Å²) in [6.07, 6.45) is 1.40. The van der Waals surface area contributed by atoms with Gasteiger partial charge in [-0.05, 0) is 13.3 Å². The zero-order valence-corrected chi connectivity index (χ0v) is 11.8. The van der Waals surface area contributed by atoms with Gasteiger partial charge >= 0.3 is 6.01 Å². The predicted octanol–water partition coefficient (Wildman–Crippen LogP) is 0.393. The van der Waals surface area contributed by atoms with Crippen LogP contribution in [0.3, 0.4) is 0 Å². The Balaban J connectivity index is 2.08.